The van der Waals surface area contributed by atoms with Gasteiger partial charge in [0.25, 0.3) is 0 Å². The number of ether oxygens (including phenoxy) is 1. The molecule has 324 valence electrons. The highest BCUT2D eigenvalue weighted by atomic mass is 32.2. The van der Waals surface area contributed by atoms with Crippen LogP contribution in [-0.4, -0.2) is 123 Å². The number of rotatable bonds is 24. The van der Waals surface area contributed by atoms with Crippen LogP contribution in [0.15, 0.2) is 12.7 Å². The molecular weight excluding hydrogens is 843 g/mol. The van der Waals surface area contributed by atoms with E-state index >= 15 is 0 Å². The van der Waals surface area contributed by atoms with Gasteiger partial charge < -0.3 is 50.9 Å². The van der Waals surface area contributed by atoms with Gasteiger partial charge in [0.05, 0.1) is 19.5 Å². The fraction of sp³-hybridized carbons (Fsp3) is 0.724. The van der Waals surface area contributed by atoms with Crippen molar-refractivity contribution in [2.45, 2.75) is 90.4 Å². The van der Waals surface area contributed by atoms with Crippen LogP contribution in [0, 0.1) is 11.3 Å². The molecule has 0 bridgehead atoms. The van der Waals surface area contributed by atoms with E-state index in [1.807, 2.05) is 6.92 Å². The Hall–Kier alpha value is -2.44. The summed E-state index contributed by atoms with van der Waals surface area (Å²) in [6.45, 7) is 4.66. The smallest absolute Gasteiger partial charge is 0.386 e. The Kier molecular flexibility index (Phi) is 18.2. The zero-order valence-corrected chi connectivity index (χ0v) is 35.0. The van der Waals surface area contributed by atoms with Gasteiger partial charge in [-0.25, -0.2) is 28.6 Å². The van der Waals surface area contributed by atoms with Crippen molar-refractivity contribution in [3.05, 3.63) is 12.7 Å². The zero-order chi connectivity index (χ0) is 42.8. The number of nitrogens with one attached hydrogen (secondary N) is 2. The Morgan fingerprint density at radius 1 is 1.07 bits per heavy atom. The molecule has 0 radical (unpaired) electrons. The number of imidazole rings is 1. The SMILES string of the molecule is CCCCC(C)CC(=O)SCCNC(=O)CCNC(=O)[C@H](O)C(C)(C)COP(=O)(O)OP(=O)(O)OC[C@H]1O[C@@H](n2cnc3c(N)ncnc32)[C@H](O)[C@@H]1OP(=O)(O)O. The number of amides is 2. The number of nitrogens with two attached hydrogens (primary N) is 1. The first-order valence-corrected chi connectivity index (χ1v) is 23.0. The fourth-order valence-electron chi connectivity index (χ4n) is 5.29. The molecule has 1 aliphatic heterocycles. The molecule has 1 aliphatic rings. The predicted octanol–water partition coefficient (Wildman–Crippen LogP) is 0.881. The molecule has 24 nitrogen and oxygen atoms in total. The lowest BCUT2D eigenvalue weighted by Crippen LogP contribution is -2.46. The van der Waals surface area contributed by atoms with Gasteiger partial charge >= 0.3 is 23.5 Å². The van der Waals surface area contributed by atoms with E-state index in [1.165, 1.54) is 13.8 Å². The molecule has 2 aromatic heterocycles. The first kappa shape index (κ1) is 48.9. The third-order valence-corrected chi connectivity index (χ3v) is 12.3. The van der Waals surface area contributed by atoms with E-state index < -0.39 is 84.6 Å². The van der Waals surface area contributed by atoms with Gasteiger partial charge in [-0.3, -0.25) is 32.5 Å². The molecule has 0 saturated carbocycles. The third kappa shape index (κ3) is 15.6. The highest BCUT2D eigenvalue weighted by Crippen LogP contribution is 2.61. The molecule has 57 heavy (non-hydrogen) atoms. The van der Waals surface area contributed by atoms with Crippen molar-refractivity contribution in [3.63, 3.8) is 0 Å². The Bertz CT molecular complexity index is 1830. The van der Waals surface area contributed by atoms with E-state index in [1.54, 1.807) is 0 Å². The number of carbonyl (C=O) groups is 3. The van der Waals surface area contributed by atoms with Crippen LogP contribution in [0.3, 0.4) is 0 Å². The Labute approximate surface area is 331 Å². The van der Waals surface area contributed by atoms with Crippen LogP contribution in [0.5, 0.6) is 0 Å². The lowest BCUT2D eigenvalue weighted by Gasteiger charge is -2.30. The molecule has 2 amide bonds. The summed E-state index contributed by atoms with van der Waals surface area (Å²) in [4.78, 5) is 87.8. The van der Waals surface area contributed by atoms with Crippen molar-refractivity contribution < 1.29 is 80.5 Å². The number of anilines is 1. The number of phosphoric acid groups is 3. The van der Waals surface area contributed by atoms with Crippen LogP contribution in [0.2, 0.25) is 0 Å². The number of aromatic nitrogens is 4. The molecule has 3 unspecified atom stereocenters. The second-order valence-electron chi connectivity index (χ2n) is 13.7. The minimum absolute atomic E-state index is 0.0321. The monoisotopic (exact) mass is 893 g/mol. The molecule has 0 spiro atoms. The second-order valence-corrected chi connectivity index (χ2v) is 19.1. The number of nitrogens with zero attached hydrogens (tertiary/aromatic N) is 4. The first-order chi connectivity index (χ1) is 26.4. The topological polar surface area (TPSA) is 364 Å². The number of fused-ring (bicyclic) bond motifs is 1. The van der Waals surface area contributed by atoms with Crippen LogP contribution >= 0.6 is 35.2 Å². The molecule has 1 saturated heterocycles. The van der Waals surface area contributed by atoms with Crippen molar-refractivity contribution in [1.82, 2.24) is 30.2 Å². The van der Waals surface area contributed by atoms with Gasteiger partial charge in [-0.05, 0) is 5.92 Å². The largest absolute Gasteiger partial charge is 0.481 e. The maximum Gasteiger partial charge on any atom is 0.481 e. The first-order valence-electron chi connectivity index (χ1n) is 17.5. The third-order valence-electron chi connectivity index (χ3n) is 8.33. The number of unbranched alkanes of at least 4 members (excludes halogenated alkanes) is 1. The number of nitrogen functional groups attached to an aromatic ring is 1. The molecule has 0 aromatic carbocycles. The highest BCUT2D eigenvalue weighted by molar-refractivity contribution is 8.13. The normalized spacial score (nSPS) is 22.1. The van der Waals surface area contributed by atoms with E-state index in [0.29, 0.717) is 12.2 Å². The summed E-state index contributed by atoms with van der Waals surface area (Å²) in [5, 5.41) is 26.5. The Morgan fingerprint density at radius 2 is 1.75 bits per heavy atom. The van der Waals surface area contributed by atoms with Crippen LogP contribution in [0.1, 0.15) is 66.0 Å². The standard InChI is InChI=1S/C29H50N7O17P3S/c1-5-6-7-17(2)12-20(38)57-11-10-31-19(37)8-9-32-27(41)24(40)29(3,4)14-50-56(47,48)53-55(45,46)49-13-18-23(52-54(42,43)44)22(39)28(51-18)36-16-35-21-25(30)33-15-34-26(21)36/h15-18,22-24,28,39-40H,5-14H2,1-4H3,(H,31,37)(H,32,41)(H,45,46)(H,47,48)(H2,30,33,34)(H2,42,43,44)/t17?,18-,22-,23-,24+,28-/m1/s1. The van der Waals surface area contributed by atoms with Crippen LogP contribution in [0.25, 0.3) is 11.2 Å². The highest BCUT2D eigenvalue weighted by Gasteiger charge is 2.50. The maximum absolute atomic E-state index is 12.7. The summed E-state index contributed by atoms with van der Waals surface area (Å²) >= 11 is 1.13. The van der Waals surface area contributed by atoms with Gasteiger partial charge in [-0.1, -0.05) is 58.7 Å². The van der Waals surface area contributed by atoms with Crippen molar-refractivity contribution >= 4 is 69.1 Å². The molecule has 8 atom stereocenters. The van der Waals surface area contributed by atoms with Crippen molar-refractivity contribution in [2.75, 3.05) is 37.8 Å². The second kappa shape index (κ2) is 21.2. The molecule has 3 heterocycles. The summed E-state index contributed by atoms with van der Waals surface area (Å²) in [5.74, 6) is -0.757. The van der Waals surface area contributed by atoms with Crippen molar-refractivity contribution in [3.8, 4) is 0 Å². The number of phosphoric ester groups is 3. The van der Waals surface area contributed by atoms with E-state index in [4.69, 9.17) is 19.5 Å². The van der Waals surface area contributed by atoms with Gasteiger partial charge in [0.1, 0.15) is 36.3 Å². The minimum Gasteiger partial charge on any atom is -0.386 e. The Morgan fingerprint density at radius 3 is 2.42 bits per heavy atom. The summed E-state index contributed by atoms with van der Waals surface area (Å²) in [7, 11) is -16.4. The van der Waals surface area contributed by atoms with E-state index in [0.717, 1.165) is 48.2 Å². The molecule has 10 N–H and O–H groups in total. The summed E-state index contributed by atoms with van der Waals surface area (Å²) in [5.41, 5.74) is 4.27. The number of hydrogen-bond donors (Lipinski definition) is 9. The average molecular weight is 894 g/mol. The Balaban J connectivity index is 1.46. The van der Waals surface area contributed by atoms with Crippen molar-refractivity contribution in [1.29, 1.82) is 0 Å². The molecule has 0 aliphatic carbocycles. The summed E-state index contributed by atoms with van der Waals surface area (Å²) < 4.78 is 62.2. The molecule has 3 rings (SSSR count). The predicted molar refractivity (Wildman–Crippen MR) is 200 cm³/mol. The fourth-order valence-corrected chi connectivity index (χ4v) is 8.96. The van der Waals surface area contributed by atoms with Gasteiger partial charge in [0.15, 0.2) is 22.8 Å². The lowest BCUT2D eigenvalue weighted by molar-refractivity contribution is -0.137. The van der Waals surface area contributed by atoms with Gasteiger partial charge in [-0.2, -0.15) is 4.31 Å². The number of aliphatic hydroxyl groups is 2. The number of hydrogen-bond acceptors (Lipinski definition) is 18. The zero-order valence-electron chi connectivity index (χ0n) is 31.5. The van der Waals surface area contributed by atoms with Crippen LogP contribution in [0.4, 0.5) is 5.82 Å². The molecular formula is C29H50N7O17P3S. The summed E-state index contributed by atoms with van der Waals surface area (Å²) in [6.07, 6.45) is -3.33. The number of carbonyl (C=O) groups excluding carboxylic acids is 3. The summed E-state index contributed by atoms with van der Waals surface area (Å²) in [6, 6.07) is 0. The van der Waals surface area contributed by atoms with Crippen molar-refractivity contribution in [2.24, 2.45) is 11.3 Å². The van der Waals surface area contributed by atoms with Crippen LogP contribution in [-0.2, 0) is 50.7 Å². The maximum atomic E-state index is 12.7. The quantitative estimate of drug-likeness (QED) is 0.0521. The molecule has 2 aromatic rings. The molecule has 28 heteroatoms. The van der Waals surface area contributed by atoms with E-state index in [-0.39, 0.29) is 47.5 Å². The lowest BCUT2D eigenvalue weighted by atomic mass is 9.87. The number of aliphatic hydroxyl groups excluding tert-OH is 2. The number of thioether (sulfide) groups is 1. The molecule has 1 fully saturated rings. The van der Waals surface area contributed by atoms with E-state index in [9.17, 15) is 57.9 Å². The van der Waals surface area contributed by atoms with E-state index in [2.05, 4.69) is 41.3 Å². The van der Waals surface area contributed by atoms with Crippen LogP contribution < -0.4 is 16.4 Å². The minimum atomic E-state index is -5.57. The van der Waals surface area contributed by atoms with Gasteiger partial charge in [0, 0.05) is 37.1 Å². The van der Waals surface area contributed by atoms with Gasteiger partial charge in [0.2, 0.25) is 11.8 Å². The van der Waals surface area contributed by atoms with Gasteiger partial charge in [-0.15, -0.1) is 0 Å². The average Bonchev–Trinajstić information content (AvgIpc) is 3.67.